The number of carbonyl (C=O) groups excluding carboxylic acids is 2. The summed E-state index contributed by atoms with van der Waals surface area (Å²) in [6.45, 7) is 8.97. The third-order valence-corrected chi connectivity index (χ3v) is 6.73. The standard InChI is InChI=1S/C19H30N4O5S/c1-4-22(5-2)11-10-20-18(24)19(25)21-14-17-23(12-13-28-17)29(26,27)16-8-6-15(3)7-9-16/h6-9,17H,4-5,10-14H2,1-3H3,(H,20,24)(H,21,25)/t17-/m0/s1. The molecule has 0 aliphatic carbocycles. The fourth-order valence-electron chi connectivity index (χ4n) is 3.00. The monoisotopic (exact) mass is 426 g/mol. The molecule has 1 atom stereocenters. The van der Waals surface area contributed by atoms with Crippen LogP contribution in [0.3, 0.4) is 0 Å². The van der Waals surface area contributed by atoms with Gasteiger partial charge in [-0.1, -0.05) is 31.5 Å². The van der Waals surface area contributed by atoms with Crippen molar-refractivity contribution in [2.45, 2.75) is 31.9 Å². The summed E-state index contributed by atoms with van der Waals surface area (Å²) in [6, 6.07) is 6.54. The molecule has 1 saturated heterocycles. The maximum absolute atomic E-state index is 12.8. The SMILES string of the molecule is CCN(CC)CCNC(=O)C(=O)NC[C@@H]1OCCN1S(=O)(=O)c1ccc(C)cc1. The fourth-order valence-corrected chi connectivity index (χ4v) is 4.51. The van der Waals surface area contributed by atoms with Gasteiger partial charge in [-0.3, -0.25) is 9.59 Å². The van der Waals surface area contributed by atoms with Crippen LogP contribution < -0.4 is 10.6 Å². The zero-order valence-electron chi connectivity index (χ0n) is 17.2. The molecule has 0 bridgehead atoms. The van der Waals surface area contributed by atoms with Crippen LogP contribution in [0, 0.1) is 6.92 Å². The Morgan fingerprint density at radius 2 is 1.76 bits per heavy atom. The third-order valence-electron chi connectivity index (χ3n) is 4.82. The molecule has 0 unspecified atom stereocenters. The molecule has 1 aromatic carbocycles. The fraction of sp³-hybridized carbons (Fsp3) is 0.579. The first-order chi connectivity index (χ1) is 13.8. The molecule has 1 aromatic rings. The van der Waals surface area contributed by atoms with Gasteiger partial charge < -0.3 is 20.3 Å². The summed E-state index contributed by atoms with van der Waals surface area (Å²) in [5, 5.41) is 5.02. The maximum atomic E-state index is 12.8. The molecule has 1 heterocycles. The summed E-state index contributed by atoms with van der Waals surface area (Å²) in [4.78, 5) is 26.2. The Labute approximate surface area is 172 Å². The molecule has 0 aromatic heterocycles. The Bertz CT molecular complexity index is 793. The summed E-state index contributed by atoms with van der Waals surface area (Å²) in [5.74, 6) is -1.56. The number of nitrogens with zero attached hydrogens (tertiary/aromatic N) is 2. The van der Waals surface area contributed by atoms with Crippen LogP contribution in [0.4, 0.5) is 0 Å². The molecular formula is C19H30N4O5S. The van der Waals surface area contributed by atoms with E-state index in [4.69, 9.17) is 4.74 Å². The van der Waals surface area contributed by atoms with Crippen molar-refractivity contribution in [3.63, 3.8) is 0 Å². The zero-order valence-corrected chi connectivity index (χ0v) is 18.0. The lowest BCUT2D eigenvalue weighted by atomic mass is 10.2. The van der Waals surface area contributed by atoms with Crippen LogP contribution in [0.15, 0.2) is 29.2 Å². The quantitative estimate of drug-likeness (QED) is 0.535. The summed E-state index contributed by atoms with van der Waals surface area (Å²) >= 11 is 0. The Morgan fingerprint density at radius 1 is 1.14 bits per heavy atom. The topological polar surface area (TPSA) is 108 Å². The van der Waals surface area contributed by atoms with Crippen LogP contribution in [0.25, 0.3) is 0 Å². The van der Waals surface area contributed by atoms with Gasteiger partial charge in [0.15, 0.2) is 0 Å². The molecular weight excluding hydrogens is 396 g/mol. The highest BCUT2D eigenvalue weighted by Crippen LogP contribution is 2.22. The molecule has 162 valence electrons. The van der Waals surface area contributed by atoms with Crippen LogP contribution in [0.1, 0.15) is 19.4 Å². The molecule has 1 aliphatic rings. The van der Waals surface area contributed by atoms with Gasteiger partial charge in [-0.05, 0) is 32.1 Å². The maximum Gasteiger partial charge on any atom is 0.309 e. The molecule has 0 saturated carbocycles. The van der Waals surface area contributed by atoms with Crippen LogP contribution in [0.5, 0.6) is 0 Å². The van der Waals surface area contributed by atoms with Crippen molar-refractivity contribution in [3.8, 4) is 0 Å². The molecule has 10 heteroatoms. The molecule has 29 heavy (non-hydrogen) atoms. The van der Waals surface area contributed by atoms with Gasteiger partial charge >= 0.3 is 11.8 Å². The number of rotatable bonds is 9. The second kappa shape index (κ2) is 10.7. The lowest BCUT2D eigenvalue weighted by Crippen LogP contribution is -2.48. The van der Waals surface area contributed by atoms with Crippen LogP contribution in [0.2, 0.25) is 0 Å². The number of nitrogens with one attached hydrogen (secondary N) is 2. The number of benzene rings is 1. The Morgan fingerprint density at radius 3 is 2.38 bits per heavy atom. The van der Waals surface area contributed by atoms with Gasteiger partial charge in [0.05, 0.1) is 18.0 Å². The number of hydrogen-bond donors (Lipinski definition) is 2. The minimum Gasteiger partial charge on any atom is -0.359 e. The summed E-state index contributed by atoms with van der Waals surface area (Å²) in [6.07, 6.45) is -0.853. The molecule has 1 aliphatic heterocycles. The number of hydrogen-bond acceptors (Lipinski definition) is 6. The highest BCUT2D eigenvalue weighted by atomic mass is 32.2. The van der Waals surface area contributed by atoms with E-state index in [-0.39, 0.29) is 24.6 Å². The normalized spacial score (nSPS) is 17.4. The first-order valence-corrected chi connectivity index (χ1v) is 11.2. The van der Waals surface area contributed by atoms with Crippen molar-refractivity contribution >= 4 is 21.8 Å². The highest BCUT2D eigenvalue weighted by Gasteiger charge is 2.36. The van der Waals surface area contributed by atoms with Crippen LogP contribution in [-0.4, -0.2) is 81.5 Å². The summed E-state index contributed by atoms with van der Waals surface area (Å²) in [7, 11) is -3.75. The average molecular weight is 427 g/mol. The molecule has 0 radical (unpaired) electrons. The van der Waals surface area contributed by atoms with Crippen LogP contribution >= 0.6 is 0 Å². The van der Waals surface area contributed by atoms with E-state index in [1.807, 2.05) is 20.8 Å². The van der Waals surface area contributed by atoms with Gasteiger partial charge in [0.2, 0.25) is 10.0 Å². The second-order valence-corrected chi connectivity index (χ2v) is 8.64. The van der Waals surface area contributed by atoms with Crippen molar-refractivity contribution in [2.75, 3.05) is 45.9 Å². The van der Waals surface area contributed by atoms with E-state index < -0.39 is 28.1 Å². The first kappa shape index (κ1) is 23.3. The van der Waals surface area contributed by atoms with Crippen molar-refractivity contribution in [2.24, 2.45) is 0 Å². The Kier molecular flexibility index (Phi) is 8.57. The minimum absolute atomic E-state index is 0.104. The number of likely N-dealkylation sites (N-methyl/N-ethyl adjacent to an activating group) is 1. The van der Waals surface area contributed by atoms with Gasteiger partial charge in [-0.15, -0.1) is 0 Å². The van der Waals surface area contributed by atoms with E-state index in [1.165, 1.54) is 4.31 Å². The number of sulfonamides is 1. The van der Waals surface area contributed by atoms with E-state index in [2.05, 4.69) is 15.5 Å². The largest absolute Gasteiger partial charge is 0.359 e. The number of amides is 2. The van der Waals surface area contributed by atoms with E-state index in [0.717, 1.165) is 18.7 Å². The molecule has 2 rings (SSSR count). The molecule has 9 nitrogen and oxygen atoms in total. The zero-order chi connectivity index (χ0) is 21.4. The summed E-state index contributed by atoms with van der Waals surface area (Å²) in [5.41, 5.74) is 0.956. The minimum atomic E-state index is -3.75. The predicted octanol–water partition coefficient (Wildman–Crippen LogP) is -0.0838. The lowest BCUT2D eigenvalue weighted by molar-refractivity contribution is -0.139. The lowest BCUT2D eigenvalue weighted by Gasteiger charge is -2.23. The van der Waals surface area contributed by atoms with Gasteiger partial charge in [0, 0.05) is 19.6 Å². The number of ether oxygens (including phenoxy) is 1. The average Bonchev–Trinajstić information content (AvgIpc) is 3.19. The van der Waals surface area contributed by atoms with Gasteiger partial charge in [0.1, 0.15) is 6.23 Å². The van der Waals surface area contributed by atoms with Crippen molar-refractivity contribution in [1.82, 2.24) is 19.8 Å². The second-order valence-electron chi connectivity index (χ2n) is 6.75. The van der Waals surface area contributed by atoms with Gasteiger partial charge in [-0.25, -0.2) is 8.42 Å². The van der Waals surface area contributed by atoms with E-state index >= 15 is 0 Å². The van der Waals surface area contributed by atoms with Crippen molar-refractivity contribution in [1.29, 1.82) is 0 Å². The van der Waals surface area contributed by atoms with Crippen molar-refractivity contribution < 1.29 is 22.7 Å². The van der Waals surface area contributed by atoms with Crippen molar-refractivity contribution in [3.05, 3.63) is 29.8 Å². The predicted molar refractivity (Wildman–Crippen MR) is 109 cm³/mol. The molecule has 0 spiro atoms. The number of carbonyl (C=O) groups is 2. The van der Waals surface area contributed by atoms with E-state index in [0.29, 0.717) is 13.1 Å². The molecule has 2 N–H and O–H groups in total. The molecule has 1 fully saturated rings. The Balaban J connectivity index is 1.88. The van der Waals surface area contributed by atoms with Gasteiger partial charge in [0.25, 0.3) is 0 Å². The van der Waals surface area contributed by atoms with E-state index in [1.54, 1.807) is 24.3 Å². The van der Waals surface area contributed by atoms with Crippen LogP contribution in [-0.2, 0) is 24.3 Å². The first-order valence-electron chi connectivity index (χ1n) is 9.78. The summed E-state index contributed by atoms with van der Waals surface area (Å²) < 4.78 is 32.4. The number of aryl methyl sites for hydroxylation is 1. The van der Waals surface area contributed by atoms with Gasteiger partial charge in [-0.2, -0.15) is 4.31 Å². The third kappa shape index (κ3) is 6.23. The van der Waals surface area contributed by atoms with E-state index in [9.17, 15) is 18.0 Å². The Hall–Kier alpha value is -2.01. The highest BCUT2D eigenvalue weighted by molar-refractivity contribution is 7.89. The molecule has 2 amide bonds. The smallest absolute Gasteiger partial charge is 0.309 e.